The Morgan fingerprint density at radius 2 is 1.57 bits per heavy atom. The molecule has 0 unspecified atom stereocenters. The van der Waals surface area contributed by atoms with Crippen molar-refractivity contribution in [2.45, 2.75) is 19.3 Å². The Labute approximate surface area is 132 Å². The molecule has 0 aromatic rings. The minimum atomic E-state index is -1.20. The van der Waals surface area contributed by atoms with Crippen molar-refractivity contribution in [1.29, 1.82) is 10.5 Å². The predicted octanol–water partition coefficient (Wildman–Crippen LogP) is -0.676. The van der Waals surface area contributed by atoms with Gasteiger partial charge in [-0.2, -0.15) is 10.5 Å². The number of fused-ring (bicyclic) bond motifs is 1. The summed E-state index contributed by atoms with van der Waals surface area (Å²) in [4.78, 5) is 49.5. The summed E-state index contributed by atoms with van der Waals surface area (Å²) in [6.07, 6.45) is 0.537. The molecule has 4 amide bonds. The zero-order valence-electron chi connectivity index (χ0n) is 12.4. The zero-order valence-corrected chi connectivity index (χ0v) is 12.4. The summed E-state index contributed by atoms with van der Waals surface area (Å²) < 4.78 is 0. The van der Waals surface area contributed by atoms with Gasteiger partial charge in [-0.25, -0.2) is 0 Å². The zero-order chi connectivity index (χ0) is 16.9. The molecule has 8 nitrogen and oxygen atoms in total. The molecule has 118 valence electrons. The molecule has 3 fully saturated rings. The molecule has 23 heavy (non-hydrogen) atoms. The van der Waals surface area contributed by atoms with Crippen LogP contribution >= 0.6 is 0 Å². The lowest BCUT2D eigenvalue weighted by Crippen LogP contribution is -2.59. The molecule has 0 aromatic carbocycles. The van der Waals surface area contributed by atoms with Gasteiger partial charge in [0.15, 0.2) is 0 Å². The smallest absolute Gasteiger partial charge is 0.244 e. The lowest BCUT2D eigenvalue weighted by atomic mass is 9.54. The lowest BCUT2D eigenvalue weighted by Gasteiger charge is -2.47. The van der Waals surface area contributed by atoms with Gasteiger partial charge in [-0.1, -0.05) is 0 Å². The molecule has 4 atom stereocenters. The number of imide groups is 2. The molecule has 3 aliphatic rings. The topological polar surface area (TPSA) is 131 Å². The van der Waals surface area contributed by atoms with E-state index in [1.807, 2.05) is 12.1 Å². The van der Waals surface area contributed by atoms with E-state index in [1.54, 1.807) is 0 Å². The standard InChI is InChI=1S/C15H14N4O4/c1-19-13(22)7-2-3-15(4-8(7)14(19)23)9(5-16)11(20)18-12(21)10(15)6-17/h7-10H,2-4H2,1H3,(H,18,20,21)/t7-,8+,9+,10+/m0/s1. The first-order valence-electron chi connectivity index (χ1n) is 7.32. The van der Waals surface area contributed by atoms with Gasteiger partial charge in [0.2, 0.25) is 23.6 Å². The maximum absolute atomic E-state index is 12.3. The van der Waals surface area contributed by atoms with Crippen molar-refractivity contribution < 1.29 is 19.2 Å². The van der Waals surface area contributed by atoms with Gasteiger partial charge in [0.05, 0.1) is 24.0 Å². The first-order chi connectivity index (χ1) is 10.9. The average molecular weight is 314 g/mol. The van der Waals surface area contributed by atoms with Crippen molar-refractivity contribution in [1.82, 2.24) is 10.2 Å². The van der Waals surface area contributed by atoms with Crippen molar-refractivity contribution in [3.05, 3.63) is 0 Å². The third-order valence-corrected chi connectivity index (χ3v) is 5.48. The highest BCUT2D eigenvalue weighted by Gasteiger charge is 2.62. The fourth-order valence-corrected chi connectivity index (χ4v) is 4.29. The number of nitrogens with one attached hydrogen (secondary N) is 1. The van der Waals surface area contributed by atoms with Gasteiger partial charge in [-0.05, 0) is 19.3 Å². The second-order valence-corrected chi connectivity index (χ2v) is 6.40. The van der Waals surface area contributed by atoms with Crippen LogP contribution in [0.1, 0.15) is 19.3 Å². The Kier molecular flexibility index (Phi) is 3.22. The lowest BCUT2D eigenvalue weighted by molar-refractivity contribution is -0.150. The minimum absolute atomic E-state index is 0.0300. The highest BCUT2D eigenvalue weighted by Crippen LogP contribution is 2.55. The molecule has 0 bridgehead atoms. The van der Waals surface area contributed by atoms with Crippen molar-refractivity contribution in [2.24, 2.45) is 29.1 Å². The average Bonchev–Trinajstić information content (AvgIpc) is 2.72. The minimum Gasteiger partial charge on any atom is -0.294 e. The van der Waals surface area contributed by atoms with Crippen LogP contribution in [0.4, 0.5) is 0 Å². The predicted molar refractivity (Wildman–Crippen MR) is 72.4 cm³/mol. The molecular weight excluding hydrogens is 300 g/mol. The maximum Gasteiger partial charge on any atom is 0.244 e. The Hall–Kier alpha value is -2.74. The Morgan fingerprint density at radius 3 is 2.09 bits per heavy atom. The number of nitrogens with zero attached hydrogens (tertiary/aromatic N) is 3. The number of piperidine rings is 1. The number of amides is 4. The number of hydrogen-bond acceptors (Lipinski definition) is 6. The number of rotatable bonds is 0. The first-order valence-corrected chi connectivity index (χ1v) is 7.32. The van der Waals surface area contributed by atoms with E-state index < -0.39 is 40.9 Å². The number of hydrogen-bond donors (Lipinski definition) is 1. The molecule has 1 N–H and O–H groups in total. The van der Waals surface area contributed by atoms with E-state index in [-0.39, 0.29) is 31.1 Å². The highest BCUT2D eigenvalue weighted by molar-refractivity contribution is 6.06. The number of carbonyl (C=O) groups is 4. The molecule has 1 aliphatic carbocycles. The Balaban J connectivity index is 2.06. The SMILES string of the molecule is CN1C(=O)[C@H]2CCC3(C[C@H]2C1=O)[C@H](C#N)C(=O)NC(=O)[C@H]3C#N. The molecule has 0 radical (unpaired) electrons. The van der Waals surface area contributed by atoms with Gasteiger partial charge < -0.3 is 0 Å². The molecule has 3 rings (SSSR count). The molecule has 2 saturated heterocycles. The van der Waals surface area contributed by atoms with E-state index in [1.165, 1.54) is 7.05 Å². The van der Waals surface area contributed by atoms with Crippen LogP contribution in [0, 0.1) is 51.7 Å². The van der Waals surface area contributed by atoms with Gasteiger partial charge in [-0.15, -0.1) is 0 Å². The molecule has 0 aromatic heterocycles. The van der Waals surface area contributed by atoms with E-state index in [4.69, 9.17) is 0 Å². The molecule has 2 aliphatic heterocycles. The van der Waals surface area contributed by atoms with Crippen LogP contribution in [-0.2, 0) is 19.2 Å². The van der Waals surface area contributed by atoms with Crippen LogP contribution in [0.15, 0.2) is 0 Å². The van der Waals surface area contributed by atoms with Crippen molar-refractivity contribution in [2.75, 3.05) is 7.05 Å². The Bertz CT molecular complexity index is 684. The summed E-state index contributed by atoms with van der Waals surface area (Å²) in [6.45, 7) is 0. The Morgan fingerprint density at radius 1 is 1.04 bits per heavy atom. The second-order valence-electron chi connectivity index (χ2n) is 6.40. The maximum atomic E-state index is 12.3. The summed E-state index contributed by atoms with van der Waals surface area (Å²) >= 11 is 0. The van der Waals surface area contributed by atoms with Gasteiger partial charge >= 0.3 is 0 Å². The third kappa shape index (κ3) is 1.81. The summed E-state index contributed by atoms with van der Waals surface area (Å²) in [5.74, 6) is -5.63. The molecule has 8 heteroatoms. The quantitative estimate of drug-likeness (QED) is 0.589. The first kappa shape index (κ1) is 15.2. The van der Waals surface area contributed by atoms with Crippen LogP contribution in [0.3, 0.4) is 0 Å². The molecule has 2 heterocycles. The normalized spacial score (nSPS) is 35.5. The molecular formula is C15H14N4O4. The fraction of sp³-hybridized carbons (Fsp3) is 0.600. The number of carbonyl (C=O) groups excluding carboxylic acids is 4. The van der Waals surface area contributed by atoms with Crippen LogP contribution in [-0.4, -0.2) is 35.6 Å². The summed E-state index contributed by atoms with van der Waals surface area (Å²) in [5, 5.41) is 20.8. The van der Waals surface area contributed by atoms with Crippen molar-refractivity contribution in [3.8, 4) is 12.1 Å². The highest BCUT2D eigenvalue weighted by atomic mass is 16.2. The summed E-state index contributed by atoms with van der Waals surface area (Å²) in [5.41, 5.74) is -1.20. The number of likely N-dealkylation sites (tertiary alicyclic amines) is 1. The van der Waals surface area contributed by atoms with E-state index in [2.05, 4.69) is 5.32 Å². The third-order valence-electron chi connectivity index (χ3n) is 5.48. The van der Waals surface area contributed by atoms with Crippen LogP contribution < -0.4 is 5.32 Å². The molecule has 1 saturated carbocycles. The van der Waals surface area contributed by atoms with E-state index in [0.717, 1.165) is 4.90 Å². The van der Waals surface area contributed by atoms with Gasteiger partial charge in [0, 0.05) is 12.5 Å². The molecule has 1 spiro atoms. The largest absolute Gasteiger partial charge is 0.294 e. The summed E-state index contributed by atoms with van der Waals surface area (Å²) in [7, 11) is 1.40. The van der Waals surface area contributed by atoms with Crippen LogP contribution in [0.25, 0.3) is 0 Å². The van der Waals surface area contributed by atoms with E-state index in [0.29, 0.717) is 0 Å². The van der Waals surface area contributed by atoms with Crippen molar-refractivity contribution in [3.63, 3.8) is 0 Å². The van der Waals surface area contributed by atoms with E-state index >= 15 is 0 Å². The van der Waals surface area contributed by atoms with Gasteiger partial charge in [0.25, 0.3) is 0 Å². The van der Waals surface area contributed by atoms with Crippen molar-refractivity contribution >= 4 is 23.6 Å². The second kappa shape index (κ2) is 4.88. The monoisotopic (exact) mass is 314 g/mol. The van der Waals surface area contributed by atoms with Gasteiger partial charge in [0.1, 0.15) is 11.8 Å². The van der Waals surface area contributed by atoms with Crippen LogP contribution in [0.5, 0.6) is 0 Å². The van der Waals surface area contributed by atoms with Gasteiger partial charge in [-0.3, -0.25) is 29.4 Å². The summed E-state index contributed by atoms with van der Waals surface area (Å²) in [6, 6.07) is 3.78. The van der Waals surface area contributed by atoms with Crippen LogP contribution in [0.2, 0.25) is 0 Å². The fourth-order valence-electron chi connectivity index (χ4n) is 4.29. The number of nitriles is 2. The van der Waals surface area contributed by atoms with E-state index in [9.17, 15) is 29.7 Å².